The second-order valence-electron chi connectivity index (χ2n) is 3.65. The van der Waals surface area contributed by atoms with Crippen molar-refractivity contribution in [3.8, 4) is 17.1 Å². The molecular weight excluding hydrogens is 242 g/mol. The maximum Gasteiger partial charge on any atom is 0.295 e. The van der Waals surface area contributed by atoms with Gasteiger partial charge >= 0.3 is 0 Å². The van der Waals surface area contributed by atoms with E-state index in [2.05, 4.69) is 10.3 Å². The minimum absolute atomic E-state index is 0.0137. The third-order valence-electron chi connectivity index (χ3n) is 2.50. The number of oxazole rings is 1. The van der Waals surface area contributed by atoms with Gasteiger partial charge in [0.1, 0.15) is 5.82 Å². The Balaban J connectivity index is 2.56. The summed E-state index contributed by atoms with van der Waals surface area (Å²) in [6.45, 7) is 1.65. The van der Waals surface area contributed by atoms with Crippen molar-refractivity contribution in [2.75, 3.05) is 19.5 Å². The number of nitrogens with zero attached hydrogens (tertiary/aromatic N) is 1. The van der Waals surface area contributed by atoms with Gasteiger partial charge in [-0.3, -0.25) is 0 Å². The molecule has 0 aliphatic rings. The summed E-state index contributed by atoms with van der Waals surface area (Å²) in [7, 11) is 2.90. The Kier molecular flexibility index (Phi) is 3.18. The second kappa shape index (κ2) is 4.64. The Morgan fingerprint density at radius 1 is 1.28 bits per heavy atom. The summed E-state index contributed by atoms with van der Waals surface area (Å²) in [5.74, 6) is -1.24. The minimum Gasteiger partial charge on any atom is -0.494 e. The number of anilines is 1. The van der Waals surface area contributed by atoms with Gasteiger partial charge in [-0.1, -0.05) is 0 Å². The fraction of sp³-hybridized carbons (Fsp3) is 0.250. The first kappa shape index (κ1) is 12.3. The lowest BCUT2D eigenvalue weighted by Crippen LogP contribution is -1.93. The number of methoxy groups -OCH3 is 1. The average Bonchev–Trinajstić information content (AvgIpc) is 2.73. The zero-order valence-electron chi connectivity index (χ0n) is 10.2. The molecule has 0 saturated heterocycles. The van der Waals surface area contributed by atoms with Gasteiger partial charge in [-0.05, 0) is 13.0 Å². The van der Waals surface area contributed by atoms with Crippen molar-refractivity contribution in [3.05, 3.63) is 29.5 Å². The Morgan fingerprint density at radius 2 is 2.00 bits per heavy atom. The molecule has 0 spiro atoms. The van der Waals surface area contributed by atoms with E-state index in [-0.39, 0.29) is 23.1 Å². The third kappa shape index (κ3) is 2.01. The van der Waals surface area contributed by atoms with Crippen molar-refractivity contribution >= 4 is 6.01 Å². The monoisotopic (exact) mass is 254 g/mol. The standard InChI is InChI=1S/C12H12F2N2O2/c1-6-11(18-12(15-2)16-6)7-4-9(14)10(17-3)5-8(7)13/h4-5H,1-3H3,(H,15,16). The topological polar surface area (TPSA) is 47.3 Å². The molecule has 1 aromatic heterocycles. The number of rotatable bonds is 3. The molecule has 0 aliphatic carbocycles. The molecule has 1 aromatic carbocycles. The van der Waals surface area contributed by atoms with E-state index in [1.807, 2.05) is 0 Å². The molecule has 4 nitrogen and oxygen atoms in total. The lowest BCUT2D eigenvalue weighted by atomic mass is 10.1. The van der Waals surface area contributed by atoms with Gasteiger partial charge in [0.2, 0.25) is 0 Å². The van der Waals surface area contributed by atoms with Gasteiger partial charge in [0, 0.05) is 13.1 Å². The number of ether oxygens (including phenoxy) is 1. The summed E-state index contributed by atoms with van der Waals surface area (Å²) >= 11 is 0. The lowest BCUT2D eigenvalue weighted by molar-refractivity contribution is 0.383. The first-order chi connectivity index (χ1) is 8.56. The van der Waals surface area contributed by atoms with Gasteiger partial charge in [0.15, 0.2) is 17.3 Å². The molecule has 2 aromatic rings. The molecule has 0 bridgehead atoms. The summed E-state index contributed by atoms with van der Waals surface area (Å²) in [4.78, 5) is 4.02. The van der Waals surface area contributed by atoms with E-state index in [9.17, 15) is 8.78 Å². The molecule has 96 valence electrons. The van der Waals surface area contributed by atoms with Crippen LogP contribution in [0.5, 0.6) is 5.75 Å². The fourth-order valence-electron chi connectivity index (χ4n) is 1.61. The van der Waals surface area contributed by atoms with Crippen LogP contribution in [0.15, 0.2) is 16.5 Å². The van der Waals surface area contributed by atoms with E-state index in [1.54, 1.807) is 14.0 Å². The molecule has 0 amide bonds. The van der Waals surface area contributed by atoms with E-state index < -0.39 is 11.6 Å². The van der Waals surface area contributed by atoms with Crippen molar-refractivity contribution < 1.29 is 17.9 Å². The molecule has 0 radical (unpaired) electrons. The third-order valence-corrected chi connectivity index (χ3v) is 2.50. The summed E-state index contributed by atoms with van der Waals surface area (Å²) in [5, 5.41) is 2.70. The van der Waals surface area contributed by atoms with Crippen molar-refractivity contribution in [1.82, 2.24) is 4.98 Å². The predicted octanol–water partition coefficient (Wildman–Crippen LogP) is 2.98. The van der Waals surface area contributed by atoms with E-state index in [0.29, 0.717) is 5.69 Å². The molecule has 0 aliphatic heterocycles. The van der Waals surface area contributed by atoms with Crippen molar-refractivity contribution in [2.24, 2.45) is 0 Å². The quantitative estimate of drug-likeness (QED) is 0.914. The van der Waals surface area contributed by atoms with Crippen molar-refractivity contribution in [1.29, 1.82) is 0 Å². The highest BCUT2D eigenvalue weighted by molar-refractivity contribution is 5.63. The number of hydrogen-bond acceptors (Lipinski definition) is 4. The maximum absolute atomic E-state index is 13.8. The zero-order valence-corrected chi connectivity index (χ0v) is 10.2. The van der Waals surface area contributed by atoms with Crippen LogP contribution in [0.1, 0.15) is 5.69 Å². The van der Waals surface area contributed by atoms with Crippen LogP contribution in [0, 0.1) is 18.6 Å². The maximum atomic E-state index is 13.8. The Bertz CT molecular complexity index is 582. The lowest BCUT2D eigenvalue weighted by Gasteiger charge is -2.05. The SMILES string of the molecule is CNc1nc(C)c(-c2cc(F)c(OC)cc2F)o1. The molecule has 1 heterocycles. The van der Waals surface area contributed by atoms with Gasteiger partial charge in [-0.2, -0.15) is 4.98 Å². The number of aromatic nitrogens is 1. The Hall–Kier alpha value is -2.11. The van der Waals surface area contributed by atoms with Gasteiger partial charge in [-0.25, -0.2) is 8.78 Å². The highest BCUT2D eigenvalue weighted by atomic mass is 19.1. The van der Waals surface area contributed by atoms with E-state index in [4.69, 9.17) is 9.15 Å². The molecule has 0 atom stereocenters. The number of halogens is 2. The molecule has 1 N–H and O–H groups in total. The summed E-state index contributed by atoms with van der Waals surface area (Å²) in [5.41, 5.74) is 0.489. The molecule has 0 saturated carbocycles. The fourth-order valence-corrected chi connectivity index (χ4v) is 1.61. The minimum atomic E-state index is -0.657. The van der Waals surface area contributed by atoms with E-state index >= 15 is 0 Å². The van der Waals surface area contributed by atoms with Crippen LogP contribution in [-0.4, -0.2) is 19.1 Å². The molecular formula is C12H12F2N2O2. The van der Waals surface area contributed by atoms with E-state index in [0.717, 1.165) is 12.1 Å². The number of hydrogen-bond donors (Lipinski definition) is 1. The van der Waals surface area contributed by atoms with E-state index in [1.165, 1.54) is 7.11 Å². The first-order valence-corrected chi connectivity index (χ1v) is 5.25. The Morgan fingerprint density at radius 3 is 2.56 bits per heavy atom. The highest BCUT2D eigenvalue weighted by Crippen LogP contribution is 2.32. The van der Waals surface area contributed by atoms with Crippen LogP contribution < -0.4 is 10.1 Å². The average molecular weight is 254 g/mol. The van der Waals surface area contributed by atoms with Crippen LogP contribution in [0.2, 0.25) is 0 Å². The summed E-state index contributed by atoms with van der Waals surface area (Å²) in [6, 6.07) is 2.26. The molecule has 6 heteroatoms. The smallest absolute Gasteiger partial charge is 0.295 e. The van der Waals surface area contributed by atoms with Crippen LogP contribution >= 0.6 is 0 Å². The van der Waals surface area contributed by atoms with Gasteiger partial charge in [0.25, 0.3) is 6.01 Å². The van der Waals surface area contributed by atoms with Crippen LogP contribution in [-0.2, 0) is 0 Å². The largest absolute Gasteiger partial charge is 0.494 e. The van der Waals surface area contributed by atoms with Crippen molar-refractivity contribution in [3.63, 3.8) is 0 Å². The normalized spacial score (nSPS) is 10.5. The first-order valence-electron chi connectivity index (χ1n) is 5.25. The Labute approximate surface area is 103 Å². The predicted molar refractivity (Wildman–Crippen MR) is 62.7 cm³/mol. The number of nitrogens with one attached hydrogen (secondary N) is 1. The summed E-state index contributed by atoms with van der Waals surface area (Å²) < 4.78 is 37.4. The number of aryl methyl sites for hydroxylation is 1. The zero-order chi connectivity index (χ0) is 13.3. The molecule has 0 unspecified atom stereocenters. The second-order valence-corrected chi connectivity index (χ2v) is 3.65. The summed E-state index contributed by atoms with van der Waals surface area (Å²) in [6.07, 6.45) is 0. The van der Waals surface area contributed by atoms with Gasteiger partial charge in [0.05, 0.1) is 18.4 Å². The van der Waals surface area contributed by atoms with Crippen molar-refractivity contribution in [2.45, 2.75) is 6.92 Å². The van der Waals surface area contributed by atoms with Gasteiger partial charge < -0.3 is 14.5 Å². The van der Waals surface area contributed by atoms with Crippen LogP contribution in [0.4, 0.5) is 14.8 Å². The van der Waals surface area contributed by atoms with Crippen LogP contribution in [0.3, 0.4) is 0 Å². The highest BCUT2D eigenvalue weighted by Gasteiger charge is 2.18. The van der Waals surface area contributed by atoms with Crippen LogP contribution in [0.25, 0.3) is 11.3 Å². The number of benzene rings is 1. The molecule has 2 rings (SSSR count). The molecule has 18 heavy (non-hydrogen) atoms. The van der Waals surface area contributed by atoms with Gasteiger partial charge in [-0.15, -0.1) is 0 Å². The molecule has 0 fully saturated rings.